The predicted molar refractivity (Wildman–Crippen MR) is 80.6 cm³/mol. The number of anilines is 2. The topological polar surface area (TPSA) is 82.0 Å². The average molecular weight is 285 g/mol. The fraction of sp³-hybridized carbons (Fsp3) is 0.438. The van der Waals surface area contributed by atoms with Crippen molar-refractivity contribution in [1.82, 2.24) is 0 Å². The molecule has 1 aliphatic rings. The van der Waals surface area contributed by atoms with Gasteiger partial charge in [0.25, 0.3) is 0 Å². The van der Waals surface area contributed by atoms with Crippen LogP contribution in [0.1, 0.15) is 37.7 Å². The summed E-state index contributed by atoms with van der Waals surface area (Å²) in [6, 6.07) is 7.10. The van der Waals surface area contributed by atoms with E-state index in [9.17, 15) is 9.59 Å². The summed E-state index contributed by atoms with van der Waals surface area (Å²) in [4.78, 5) is 23.5. The average Bonchev–Trinajstić information content (AvgIpc) is 2.96. The lowest BCUT2D eigenvalue weighted by molar-refractivity contribution is -0.119. The fourth-order valence-corrected chi connectivity index (χ4v) is 2.58. The van der Waals surface area contributed by atoms with Gasteiger partial charge in [-0.15, -0.1) is 0 Å². The Labute approximate surface area is 124 Å². The zero-order valence-electron chi connectivity index (χ0n) is 12.1. The number of rotatable bonds is 4. The smallest absolute Gasteiger partial charge is 0.238 e. The molecule has 1 fully saturated rings. The summed E-state index contributed by atoms with van der Waals surface area (Å²) >= 11 is 0. The van der Waals surface area contributed by atoms with Gasteiger partial charge in [-0.2, -0.15) is 5.26 Å². The second-order valence-electron chi connectivity index (χ2n) is 5.38. The van der Waals surface area contributed by atoms with Gasteiger partial charge in [-0.3, -0.25) is 9.59 Å². The van der Waals surface area contributed by atoms with Crippen LogP contribution in [0.3, 0.4) is 0 Å². The van der Waals surface area contributed by atoms with E-state index in [1.165, 1.54) is 0 Å². The molecule has 1 aromatic carbocycles. The predicted octanol–water partition coefficient (Wildman–Crippen LogP) is 2.98. The van der Waals surface area contributed by atoms with Crippen molar-refractivity contribution in [3.8, 4) is 6.07 Å². The lowest BCUT2D eigenvalue weighted by Gasteiger charge is -2.13. The molecule has 2 N–H and O–H groups in total. The van der Waals surface area contributed by atoms with Crippen molar-refractivity contribution in [2.75, 3.05) is 10.6 Å². The van der Waals surface area contributed by atoms with E-state index < -0.39 is 0 Å². The van der Waals surface area contributed by atoms with Crippen LogP contribution in [0.4, 0.5) is 11.4 Å². The van der Waals surface area contributed by atoms with Gasteiger partial charge in [0.15, 0.2) is 0 Å². The van der Waals surface area contributed by atoms with E-state index in [1.54, 1.807) is 24.3 Å². The Morgan fingerprint density at radius 2 is 2.00 bits per heavy atom. The summed E-state index contributed by atoms with van der Waals surface area (Å²) in [7, 11) is 0. The molecular formula is C16H19N3O2. The summed E-state index contributed by atoms with van der Waals surface area (Å²) in [5.41, 5.74) is 2.29. The number of carbonyl (C=O) groups is 2. The Morgan fingerprint density at radius 3 is 2.62 bits per heavy atom. The van der Waals surface area contributed by atoms with Crippen molar-refractivity contribution in [3.63, 3.8) is 0 Å². The number of nitriles is 1. The number of benzene rings is 1. The van der Waals surface area contributed by atoms with E-state index in [2.05, 4.69) is 10.6 Å². The molecule has 5 heteroatoms. The summed E-state index contributed by atoms with van der Waals surface area (Å²) in [6.45, 7) is 1.88. The maximum absolute atomic E-state index is 12.1. The van der Waals surface area contributed by atoms with Crippen molar-refractivity contribution < 1.29 is 9.59 Å². The Balaban J connectivity index is 2.00. The number of nitrogens with zero attached hydrogens (tertiary/aromatic N) is 1. The molecule has 0 aromatic heterocycles. The highest BCUT2D eigenvalue weighted by Gasteiger charge is 2.22. The number of carbonyl (C=O) groups excluding carboxylic acids is 2. The molecule has 0 spiro atoms. The monoisotopic (exact) mass is 285 g/mol. The van der Waals surface area contributed by atoms with Crippen molar-refractivity contribution in [2.45, 2.75) is 39.0 Å². The first-order valence-electron chi connectivity index (χ1n) is 7.18. The third-order valence-corrected chi connectivity index (χ3v) is 3.73. The zero-order chi connectivity index (χ0) is 15.2. The lowest BCUT2D eigenvalue weighted by atomic mass is 10.1. The van der Waals surface area contributed by atoms with E-state index in [1.807, 2.05) is 6.92 Å². The molecule has 0 unspecified atom stereocenters. The van der Waals surface area contributed by atoms with Crippen LogP contribution in [0.2, 0.25) is 0 Å². The molecule has 0 atom stereocenters. The summed E-state index contributed by atoms with van der Waals surface area (Å²) in [5.74, 6) is -0.129. The number of hydrogen-bond donors (Lipinski definition) is 2. The van der Waals surface area contributed by atoms with Gasteiger partial charge in [0.05, 0.1) is 6.07 Å². The van der Waals surface area contributed by atoms with Crippen LogP contribution in [-0.4, -0.2) is 11.8 Å². The molecule has 1 aliphatic carbocycles. The third-order valence-electron chi connectivity index (χ3n) is 3.73. The Morgan fingerprint density at radius 1 is 1.29 bits per heavy atom. The fourth-order valence-electron chi connectivity index (χ4n) is 2.58. The van der Waals surface area contributed by atoms with Gasteiger partial charge in [0.2, 0.25) is 11.8 Å². The third kappa shape index (κ3) is 4.06. The molecule has 0 heterocycles. The van der Waals surface area contributed by atoms with Crippen LogP contribution in [0, 0.1) is 24.2 Å². The van der Waals surface area contributed by atoms with Crippen LogP contribution in [0.25, 0.3) is 0 Å². The second-order valence-corrected chi connectivity index (χ2v) is 5.38. The number of hydrogen-bond acceptors (Lipinski definition) is 3. The molecule has 1 saturated carbocycles. The molecule has 1 aromatic rings. The molecule has 0 radical (unpaired) electrons. The van der Waals surface area contributed by atoms with Crippen LogP contribution in [0.15, 0.2) is 18.2 Å². The number of aryl methyl sites for hydroxylation is 1. The van der Waals surface area contributed by atoms with Gasteiger partial charge < -0.3 is 10.6 Å². The minimum Gasteiger partial charge on any atom is -0.326 e. The Hall–Kier alpha value is -2.35. The lowest BCUT2D eigenvalue weighted by Crippen LogP contribution is -2.20. The summed E-state index contributed by atoms with van der Waals surface area (Å²) in [5, 5.41) is 14.1. The maximum atomic E-state index is 12.1. The first-order valence-corrected chi connectivity index (χ1v) is 7.18. The molecule has 0 aliphatic heterocycles. The maximum Gasteiger partial charge on any atom is 0.238 e. The van der Waals surface area contributed by atoms with Crippen molar-refractivity contribution in [3.05, 3.63) is 23.8 Å². The Bertz CT molecular complexity index is 584. The summed E-state index contributed by atoms with van der Waals surface area (Å²) in [6.07, 6.45) is 4.02. The number of amides is 2. The van der Waals surface area contributed by atoms with Crippen LogP contribution < -0.4 is 10.6 Å². The Kier molecular flexibility index (Phi) is 4.94. The molecule has 21 heavy (non-hydrogen) atoms. The van der Waals surface area contributed by atoms with E-state index >= 15 is 0 Å². The van der Waals surface area contributed by atoms with Crippen molar-refractivity contribution in [2.24, 2.45) is 5.92 Å². The minimum absolute atomic E-state index is 0.0804. The van der Waals surface area contributed by atoms with E-state index in [0.717, 1.165) is 36.9 Å². The molecule has 2 amide bonds. The first kappa shape index (κ1) is 15.0. The molecule has 0 bridgehead atoms. The van der Waals surface area contributed by atoms with Gasteiger partial charge >= 0.3 is 0 Å². The molecule has 110 valence electrons. The minimum atomic E-state index is -0.334. The van der Waals surface area contributed by atoms with Gasteiger partial charge in [-0.05, 0) is 43.5 Å². The van der Waals surface area contributed by atoms with Gasteiger partial charge in [-0.25, -0.2) is 0 Å². The normalized spacial score (nSPS) is 14.5. The largest absolute Gasteiger partial charge is 0.326 e. The van der Waals surface area contributed by atoms with Crippen molar-refractivity contribution in [1.29, 1.82) is 5.26 Å². The highest BCUT2D eigenvalue weighted by molar-refractivity contribution is 5.95. The standard InChI is InChI=1S/C16H19N3O2/c1-11-10-13(18-15(20)8-9-17)6-7-14(11)19-16(21)12-4-2-3-5-12/h6-7,10,12H,2-5,8H2,1H3,(H,18,20)(H,19,21). The molecule has 2 rings (SSSR count). The highest BCUT2D eigenvalue weighted by atomic mass is 16.2. The van der Waals surface area contributed by atoms with E-state index in [-0.39, 0.29) is 24.2 Å². The van der Waals surface area contributed by atoms with Crippen LogP contribution in [0.5, 0.6) is 0 Å². The SMILES string of the molecule is Cc1cc(NC(=O)CC#N)ccc1NC(=O)C1CCCC1. The van der Waals surface area contributed by atoms with E-state index in [0.29, 0.717) is 5.69 Å². The summed E-state index contributed by atoms with van der Waals surface area (Å²) < 4.78 is 0. The molecular weight excluding hydrogens is 266 g/mol. The van der Waals surface area contributed by atoms with Gasteiger partial charge in [0.1, 0.15) is 6.42 Å². The zero-order valence-corrected chi connectivity index (χ0v) is 12.1. The van der Waals surface area contributed by atoms with E-state index in [4.69, 9.17) is 5.26 Å². The molecule has 0 saturated heterocycles. The highest BCUT2D eigenvalue weighted by Crippen LogP contribution is 2.27. The van der Waals surface area contributed by atoms with Crippen LogP contribution in [-0.2, 0) is 9.59 Å². The van der Waals surface area contributed by atoms with Gasteiger partial charge in [-0.1, -0.05) is 12.8 Å². The van der Waals surface area contributed by atoms with Crippen molar-refractivity contribution >= 4 is 23.2 Å². The quantitative estimate of drug-likeness (QED) is 0.892. The first-order chi connectivity index (χ1) is 10.1. The van der Waals surface area contributed by atoms with Gasteiger partial charge in [0, 0.05) is 17.3 Å². The van der Waals surface area contributed by atoms with Crippen LogP contribution >= 0.6 is 0 Å². The number of nitrogens with one attached hydrogen (secondary N) is 2. The molecule has 5 nitrogen and oxygen atoms in total. The second kappa shape index (κ2) is 6.89.